The minimum Gasteiger partial charge on any atom is -0.363 e. The molecule has 4 aromatic rings. The second kappa shape index (κ2) is 13.1. The molecule has 0 saturated heterocycles. The molecule has 0 aliphatic heterocycles. The largest absolute Gasteiger partial charge is 0.363 e. The lowest BCUT2D eigenvalue weighted by Crippen LogP contribution is -2.47. The third-order valence-corrected chi connectivity index (χ3v) is 6.34. The quantitative estimate of drug-likeness (QED) is 0.239. The molecule has 0 radical (unpaired) electrons. The fourth-order valence-electron chi connectivity index (χ4n) is 4.31. The van der Waals surface area contributed by atoms with Crippen LogP contribution in [0.5, 0.6) is 0 Å². The number of aryl methyl sites for hydroxylation is 2. The first kappa shape index (κ1) is 28.0. The summed E-state index contributed by atoms with van der Waals surface area (Å²) < 4.78 is 1.47. The van der Waals surface area contributed by atoms with Crippen molar-refractivity contribution in [2.45, 2.75) is 38.8 Å². The highest BCUT2D eigenvalue weighted by Gasteiger charge is 2.27. The number of carbonyl (C=O) groups excluding carboxylic acids is 4. The molecular weight excluding hydrogens is 506 g/mol. The highest BCUT2D eigenvalue weighted by atomic mass is 16.2. The van der Waals surface area contributed by atoms with Crippen LogP contribution in [0, 0.1) is 6.92 Å². The number of hydrogen-bond donors (Lipinski definition) is 3. The Morgan fingerprint density at radius 3 is 2.17 bits per heavy atom. The van der Waals surface area contributed by atoms with E-state index in [0.29, 0.717) is 30.8 Å². The van der Waals surface area contributed by atoms with Crippen LogP contribution < -0.4 is 16.4 Å². The number of amides is 3. The van der Waals surface area contributed by atoms with Crippen LogP contribution in [0.2, 0.25) is 0 Å². The van der Waals surface area contributed by atoms with Crippen molar-refractivity contribution in [2.24, 2.45) is 5.73 Å². The summed E-state index contributed by atoms with van der Waals surface area (Å²) in [5, 5.41) is 10.1. The minimum atomic E-state index is -1.13. The van der Waals surface area contributed by atoms with E-state index >= 15 is 0 Å². The number of ketones is 1. The SMILES string of the molecule is Cc1cc(C(=O)NC(Cc2ccccc2)C(=O)C(N)=O)n(-c2cccc(CNC(=O)CCc3ccccc3)c2)n1. The van der Waals surface area contributed by atoms with Crippen molar-refractivity contribution in [2.75, 3.05) is 0 Å². The van der Waals surface area contributed by atoms with Gasteiger partial charge in [0.15, 0.2) is 0 Å². The average Bonchev–Trinajstić information content (AvgIpc) is 3.37. The number of benzene rings is 3. The van der Waals surface area contributed by atoms with E-state index in [1.54, 1.807) is 43.3 Å². The Labute approximate surface area is 232 Å². The van der Waals surface area contributed by atoms with Crippen LogP contribution in [-0.4, -0.2) is 39.3 Å². The number of aromatic nitrogens is 2. The number of rotatable bonds is 12. The zero-order chi connectivity index (χ0) is 28.5. The highest BCUT2D eigenvalue weighted by molar-refractivity contribution is 6.38. The summed E-state index contributed by atoms with van der Waals surface area (Å²) in [7, 11) is 0. The molecule has 1 unspecified atom stereocenters. The Morgan fingerprint density at radius 2 is 1.50 bits per heavy atom. The molecule has 9 heteroatoms. The normalized spacial score (nSPS) is 11.4. The summed E-state index contributed by atoms with van der Waals surface area (Å²) in [6, 6.07) is 26.6. The molecule has 40 heavy (non-hydrogen) atoms. The second-order valence-electron chi connectivity index (χ2n) is 9.46. The third-order valence-electron chi connectivity index (χ3n) is 6.34. The predicted molar refractivity (Wildman–Crippen MR) is 151 cm³/mol. The maximum Gasteiger partial charge on any atom is 0.287 e. The molecule has 1 heterocycles. The highest BCUT2D eigenvalue weighted by Crippen LogP contribution is 2.16. The number of carbonyl (C=O) groups is 4. The monoisotopic (exact) mass is 537 g/mol. The zero-order valence-corrected chi connectivity index (χ0v) is 22.2. The van der Waals surface area contributed by atoms with Crippen molar-refractivity contribution in [3.8, 4) is 5.69 Å². The lowest BCUT2D eigenvalue weighted by Gasteiger charge is -2.17. The Hall–Kier alpha value is -5.05. The Morgan fingerprint density at radius 1 is 0.850 bits per heavy atom. The van der Waals surface area contributed by atoms with Gasteiger partial charge in [0.05, 0.1) is 11.4 Å². The fourth-order valence-corrected chi connectivity index (χ4v) is 4.31. The molecule has 0 spiro atoms. The van der Waals surface area contributed by atoms with Gasteiger partial charge in [0.1, 0.15) is 11.7 Å². The third kappa shape index (κ3) is 7.50. The molecule has 0 bridgehead atoms. The van der Waals surface area contributed by atoms with Gasteiger partial charge in [0, 0.05) is 19.4 Å². The number of nitrogens with zero attached hydrogens (tertiary/aromatic N) is 2. The van der Waals surface area contributed by atoms with Gasteiger partial charge < -0.3 is 16.4 Å². The molecular formula is C31H31N5O4. The van der Waals surface area contributed by atoms with Crippen molar-refractivity contribution in [1.82, 2.24) is 20.4 Å². The molecule has 0 aliphatic carbocycles. The van der Waals surface area contributed by atoms with Crippen LogP contribution in [0.3, 0.4) is 0 Å². The lowest BCUT2D eigenvalue weighted by molar-refractivity contribution is -0.137. The van der Waals surface area contributed by atoms with Gasteiger partial charge in [0.25, 0.3) is 11.8 Å². The summed E-state index contributed by atoms with van der Waals surface area (Å²) in [5.74, 6) is -2.64. The van der Waals surface area contributed by atoms with E-state index in [1.165, 1.54) is 4.68 Å². The Balaban J connectivity index is 1.46. The van der Waals surface area contributed by atoms with Crippen molar-refractivity contribution in [3.63, 3.8) is 0 Å². The zero-order valence-electron chi connectivity index (χ0n) is 22.2. The number of primary amides is 1. The Kier molecular flexibility index (Phi) is 9.19. The van der Waals surface area contributed by atoms with Crippen molar-refractivity contribution >= 4 is 23.5 Å². The van der Waals surface area contributed by atoms with Gasteiger partial charge in [0.2, 0.25) is 11.7 Å². The van der Waals surface area contributed by atoms with Crippen molar-refractivity contribution < 1.29 is 19.2 Å². The molecule has 1 aromatic heterocycles. The molecule has 3 amide bonds. The summed E-state index contributed by atoms with van der Waals surface area (Å²) in [5.41, 5.74) is 9.34. The van der Waals surface area contributed by atoms with Crippen LogP contribution in [0.15, 0.2) is 91.0 Å². The molecule has 4 N–H and O–H groups in total. The Bertz CT molecular complexity index is 1500. The van der Waals surface area contributed by atoms with Gasteiger partial charge >= 0.3 is 0 Å². The van der Waals surface area contributed by atoms with Gasteiger partial charge in [-0.2, -0.15) is 5.10 Å². The van der Waals surface area contributed by atoms with Crippen molar-refractivity contribution in [3.05, 3.63) is 119 Å². The summed E-state index contributed by atoms with van der Waals surface area (Å²) in [6.45, 7) is 2.07. The lowest BCUT2D eigenvalue weighted by atomic mass is 10.0. The van der Waals surface area contributed by atoms with E-state index in [2.05, 4.69) is 15.7 Å². The van der Waals surface area contributed by atoms with Crippen molar-refractivity contribution in [1.29, 1.82) is 0 Å². The number of hydrogen-bond acceptors (Lipinski definition) is 5. The van der Waals surface area contributed by atoms with Crippen LogP contribution >= 0.6 is 0 Å². The maximum atomic E-state index is 13.3. The second-order valence-corrected chi connectivity index (χ2v) is 9.46. The standard InChI is InChI=1S/C31H31N5O4/c1-21-17-27(31(40)34-26(29(38)30(32)39)19-23-11-6-3-7-12-23)36(35-21)25-14-8-13-24(18-25)20-33-28(37)16-15-22-9-4-2-5-10-22/h2-14,17-18,26H,15-16,19-20H2,1H3,(H2,32,39)(H,33,37)(H,34,40). The van der Waals surface area contributed by atoms with Gasteiger partial charge in [-0.25, -0.2) is 4.68 Å². The summed E-state index contributed by atoms with van der Waals surface area (Å²) in [6.07, 6.45) is 1.14. The van der Waals surface area contributed by atoms with Gasteiger partial charge in [-0.3, -0.25) is 19.2 Å². The molecule has 3 aromatic carbocycles. The summed E-state index contributed by atoms with van der Waals surface area (Å²) >= 11 is 0. The van der Waals surface area contributed by atoms with E-state index in [4.69, 9.17) is 5.73 Å². The first-order chi connectivity index (χ1) is 19.3. The molecule has 1 atom stereocenters. The van der Waals surface area contributed by atoms with E-state index in [9.17, 15) is 19.2 Å². The van der Waals surface area contributed by atoms with Gasteiger partial charge in [-0.1, -0.05) is 72.8 Å². The summed E-state index contributed by atoms with van der Waals surface area (Å²) in [4.78, 5) is 49.9. The average molecular weight is 538 g/mol. The molecule has 4 rings (SSSR count). The maximum absolute atomic E-state index is 13.3. The van der Waals surface area contributed by atoms with E-state index in [1.807, 2.05) is 54.6 Å². The molecule has 204 valence electrons. The predicted octanol–water partition coefficient (Wildman–Crippen LogP) is 2.83. The minimum absolute atomic E-state index is 0.0622. The number of nitrogens with two attached hydrogens (primary N) is 1. The van der Waals surface area contributed by atoms with E-state index in [-0.39, 0.29) is 18.0 Å². The first-order valence-electron chi connectivity index (χ1n) is 12.9. The van der Waals surface area contributed by atoms with Crippen LogP contribution in [0.25, 0.3) is 5.69 Å². The molecule has 0 aliphatic rings. The number of Topliss-reactive ketones (excluding diaryl/α,β-unsaturated/α-hetero) is 1. The van der Waals surface area contributed by atoms with Crippen LogP contribution in [0.4, 0.5) is 0 Å². The smallest absolute Gasteiger partial charge is 0.287 e. The molecule has 0 saturated carbocycles. The van der Waals surface area contributed by atoms with Gasteiger partial charge in [-0.15, -0.1) is 0 Å². The number of nitrogens with one attached hydrogen (secondary N) is 2. The van der Waals surface area contributed by atoms with Crippen LogP contribution in [0.1, 0.15) is 39.3 Å². The fraction of sp³-hybridized carbons (Fsp3) is 0.194. The molecule has 9 nitrogen and oxygen atoms in total. The van der Waals surface area contributed by atoms with Crippen LogP contribution in [-0.2, 0) is 33.8 Å². The topological polar surface area (TPSA) is 136 Å². The molecule has 0 fully saturated rings. The van der Waals surface area contributed by atoms with E-state index < -0.39 is 23.6 Å². The van der Waals surface area contributed by atoms with Gasteiger partial charge in [-0.05, 0) is 48.2 Å². The van der Waals surface area contributed by atoms with E-state index in [0.717, 1.165) is 16.7 Å². The first-order valence-corrected chi connectivity index (χ1v) is 12.9.